The summed E-state index contributed by atoms with van der Waals surface area (Å²) in [6, 6.07) is 13.1. The van der Waals surface area contributed by atoms with Gasteiger partial charge < -0.3 is 5.73 Å². The van der Waals surface area contributed by atoms with Gasteiger partial charge in [0, 0.05) is 12.2 Å². The number of benzene rings is 1. The van der Waals surface area contributed by atoms with Crippen LogP contribution in [0.2, 0.25) is 0 Å². The second-order valence-corrected chi connectivity index (χ2v) is 4.86. The standard InChI is InChI=1S/C15H16N4O/c1-11-6-2-3-7-12(11)13(16)10-19-15(20)18-9-5-4-8-14(18)17-19/h2-9,13H,10,16H2,1H3. The summed E-state index contributed by atoms with van der Waals surface area (Å²) in [5, 5.41) is 4.29. The van der Waals surface area contributed by atoms with Crippen LogP contribution in [0.4, 0.5) is 0 Å². The average Bonchev–Trinajstić information content (AvgIpc) is 2.76. The molecule has 0 fully saturated rings. The quantitative estimate of drug-likeness (QED) is 0.783. The third-order valence-electron chi connectivity index (χ3n) is 3.45. The van der Waals surface area contributed by atoms with Crippen LogP contribution in [-0.4, -0.2) is 14.2 Å². The number of aryl methyl sites for hydroxylation is 1. The second kappa shape index (κ2) is 4.94. The van der Waals surface area contributed by atoms with Gasteiger partial charge in [0.25, 0.3) is 0 Å². The molecule has 1 aromatic carbocycles. The number of aromatic nitrogens is 3. The Balaban J connectivity index is 1.96. The topological polar surface area (TPSA) is 65.3 Å². The minimum Gasteiger partial charge on any atom is -0.322 e. The summed E-state index contributed by atoms with van der Waals surface area (Å²) < 4.78 is 2.94. The van der Waals surface area contributed by atoms with Gasteiger partial charge in [-0.15, -0.1) is 5.10 Å². The Morgan fingerprint density at radius 2 is 1.95 bits per heavy atom. The third-order valence-corrected chi connectivity index (χ3v) is 3.45. The molecule has 0 spiro atoms. The van der Waals surface area contributed by atoms with Crippen molar-refractivity contribution in [1.82, 2.24) is 14.2 Å². The van der Waals surface area contributed by atoms with Crippen LogP contribution in [0, 0.1) is 6.92 Å². The Morgan fingerprint density at radius 3 is 2.70 bits per heavy atom. The minimum atomic E-state index is -0.251. The lowest BCUT2D eigenvalue weighted by Crippen LogP contribution is -2.27. The van der Waals surface area contributed by atoms with Crippen molar-refractivity contribution in [2.75, 3.05) is 0 Å². The van der Waals surface area contributed by atoms with E-state index in [0.717, 1.165) is 11.1 Å². The number of fused-ring (bicyclic) bond motifs is 1. The number of nitrogens with zero attached hydrogens (tertiary/aromatic N) is 3. The second-order valence-electron chi connectivity index (χ2n) is 4.86. The van der Waals surface area contributed by atoms with Crippen LogP contribution in [0.25, 0.3) is 5.65 Å². The van der Waals surface area contributed by atoms with Crippen molar-refractivity contribution in [2.45, 2.75) is 19.5 Å². The molecule has 3 aromatic rings. The molecule has 0 amide bonds. The van der Waals surface area contributed by atoms with Crippen molar-refractivity contribution in [1.29, 1.82) is 0 Å². The summed E-state index contributed by atoms with van der Waals surface area (Å²) in [4.78, 5) is 12.2. The Hall–Kier alpha value is -2.40. The number of hydrogen-bond donors (Lipinski definition) is 1. The number of rotatable bonds is 3. The van der Waals surface area contributed by atoms with Gasteiger partial charge in [-0.05, 0) is 30.2 Å². The van der Waals surface area contributed by atoms with E-state index in [1.807, 2.05) is 43.3 Å². The minimum absolute atomic E-state index is 0.162. The first kappa shape index (κ1) is 12.6. The zero-order valence-electron chi connectivity index (χ0n) is 11.2. The van der Waals surface area contributed by atoms with Gasteiger partial charge in [0.1, 0.15) is 0 Å². The van der Waals surface area contributed by atoms with E-state index in [-0.39, 0.29) is 11.7 Å². The highest BCUT2D eigenvalue weighted by Gasteiger charge is 2.13. The highest BCUT2D eigenvalue weighted by Crippen LogP contribution is 2.16. The van der Waals surface area contributed by atoms with E-state index in [0.29, 0.717) is 12.2 Å². The summed E-state index contributed by atoms with van der Waals surface area (Å²) in [7, 11) is 0. The smallest absolute Gasteiger partial charge is 0.322 e. The van der Waals surface area contributed by atoms with E-state index < -0.39 is 0 Å². The molecule has 0 radical (unpaired) electrons. The molecule has 2 aromatic heterocycles. The van der Waals surface area contributed by atoms with Crippen LogP contribution in [0.1, 0.15) is 17.2 Å². The number of pyridine rings is 1. The highest BCUT2D eigenvalue weighted by atomic mass is 16.2. The summed E-state index contributed by atoms with van der Waals surface area (Å²) in [5.41, 5.74) is 8.84. The van der Waals surface area contributed by atoms with Gasteiger partial charge in [0.2, 0.25) is 0 Å². The van der Waals surface area contributed by atoms with Crippen LogP contribution >= 0.6 is 0 Å². The molecule has 0 bridgehead atoms. The maximum atomic E-state index is 12.2. The van der Waals surface area contributed by atoms with Gasteiger partial charge in [-0.25, -0.2) is 9.48 Å². The molecular weight excluding hydrogens is 252 g/mol. The first-order chi connectivity index (χ1) is 9.66. The predicted molar refractivity (Wildman–Crippen MR) is 77.6 cm³/mol. The van der Waals surface area contributed by atoms with Crippen LogP contribution < -0.4 is 11.4 Å². The summed E-state index contributed by atoms with van der Waals surface area (Å²) in [6.07, 6.45) is 1.71. The molecule has 102 valence electrons. The van der Waals surface area contributed by atoms with Crippen LogP contribution in [0.15, 0.2) is 53.5 Å². The molecule has 0 aliphatic rings. The Labute approximate surface area is 116 Å². The van der Waals surface area contributed by atoms with Crippen LogP contribution in [0.5, 0.6) is 0 Å². The zero-order valence-corrected chi connectivity index (χ0v) is 11.2. The van der Waals surface area contributed by atoms with Crippen molar-refractivity contribution in [2.24, 2.45) is 5.73 Å². The molecule has 1 atom stereocenters. The first-order valence-electron chi connectivity index (χ1n) is 6.52. The molecule has 0 aliphatic carbocycles. The Morgan fingerprint density at radius 1 is 1.20 bits per heavy atom. The van der Waals surface area contributed by atoms with Crippen molar-refractivity contribution in [3.8, 4) is 0 Å². The van der Waals surface area contributed by atoms with E-state index in [2.05, 4.69) is 5.10 Å². The van der Waals surface area contributed by atoms with Crippen molar-refractivity contribution in [3.05, 3.63) is 70.3 Å². The maximum absolute atomic E-state index is 12.2. The molecule has 5 heteroatoms. The molecule has 2 heterocycles. The highest BCUT2D eigenvalue weighted by molar-refractivity contribution is 5.35. The van der Waals surface area contributed by atoms with E-state index in [1.165, 1.54) is 9.08 Å². The third kappa shape index (κ3) is 2.12. The predicted octanol–water partition coefficient (Wildman–Crippen LogP) is 1.50. The Bertz CT molecular complexity index is 803. The lowest BCUT2D eigenvalue weighted by Gasteiger charge is -2.13. The van der Waals surface area contributed by atoms with Gasteiger partial charge in [0.05, 0.1) is 6.54 Å². The number of nitrogens with two attached hydrogens (primary N) is 1. The fourth-order valence-electron chi connectivity index (χ4n) is 2.37. The van der Waals surface area contributed by atoms with Crippen LogP contribution in [0.3, 0.4) is 0 Å². The van der Waals surface area contributed by atoms with Gasteiger partial charge in [-0.1, -0.05) is 30.3 Å². The molecule has 20 heavy (non-hydrogen) atoms. The normalized spacial score (nSPS) is 12.7. The SMILES string of the molecule is Cc1ccccc1C(N)Cn1nc2ccccn2c1=O. The summed E-state index contributed by atoms with van der Waals surface area (Å²) in [5.74, 6) is 0. The monoisotopic (exact) mass is 268 g/mol. The fraction of sp³-hybridized carbons (Fsp3) is 0.200. The summed E-state index contributed by atoms with van der Waals surface area (Å²) >= 11 is 0. The Kier molecular flexibility index (Phi) is 3.12. The molecule has 5 nitrogen and oxygen atoms in total. The van der Waals surface area contributed by atoms with Crippen molar-refractivity contribution >= 4 is 5.65 Å². The van der Waals surface area contributed by atoms with Gasteiger partial charge in [-0.3, -0.25) is 4.40 Å². The fourth-order valence-corrected chi connectivity index (χ4v) is 2.37. The zero-order chi connectivity index (χ0) is 14.1. The molecule has 0 saturated heterocycles. The van der Waals surface area contributed by atoms with Crippen molar-refractivity contribution in [3.63, 3.8) is 0 Å². The van der Waals surface area contributed by atoms with Gasteiger partial charge in [-0.2, -0.15) is 0 Å². The van der Waals surface area contributed by atoms with E-state index in [4.69, 9.17) is 5.73 Å². The lowest BCUT2D eigenvalue weighted by atomic mass is 10.0. The lowest BCUT2D eigenvalue weighted by molar-refractivity contribution is 0.512. The molecule has 2 N–H and O–H groups in total. The molecule has 3 rings (SSSR count). The average molecular weight is 268 g/mol. The maximum Gasteiger partial charge on any atom is 0.350 e. The number of hydrogen-bond acceptors (Lipinski definition) is 3. The molecular formula is C15H16N4O. The first-order valence-corrected chi connectivity index (χ1v) is 6.52. The van der Waals surface area contributed by atoms with Gasteiger partial charge >= 0.3 is 5.69 Å². The van der Waals surface area contributed by atoms with E-state index >= 15 is 0 Å². The van der Waals surface area contributed by atoms with E-state index in [1.54, 1.807) is 12.3 Å². The largest absolute Gasteiger partial charge is 0.350 e. The van der Waals surface area contributed by atoms with Crippen molar-refractivity contribution < 1.29 is 0 Å². The summed E-state index contributed by atoms with van der Waals surface area (Å²) in [6.45, 7) is 2.38. The molecule has 0 saturated carbocycles. The van der Waals surface area contributed by atoms with Crippen LogP contribution in [-0.2, 0) is 6.54 Å². The molecule has 0 aliphatic heterocycles. The molecule has 1 unspecified atom stereocenters. The van der Waals surface area contributed by atoms with Gasteiger partial charge in [0.15, 0.2) is 5.65 Å². The van der Waals surface area contributed by atoms with E-state index in [9.17, 15) is 4.79 Å².